The fourth-order valence-electron chi connectivity index (χ4n) is 4.12. The van der Waals surface area contributed by atoms with Crippen LogP contribution in [0.1, 0.15) is 30.5 Å². The molecule has 1 fully saturated rings. The molecule has 0 radical (unpaired) electrons. The van der Waals surface area contributed by atoms with Gasteiger partial charge in [0, 0.05) is 30.3 Å². The van der Waals surface area contributed by atoms with Crippen molar-refractivity contribution in [2.45, 2.75) is 44.4 Å². The van der Waals surface area contributed by atoms with E-state index in [1.807, 2.05) is 25.1 Å². The summed E-state index contributed by atoms with van der Waals surface area (Å²) >= 11 is 1.52. The Morgan fingerprint density at radius 2 is 2.00 bits per heavy atom. The molecule has 3 N–H and O–H groups in total. The minimum atomic E-state index is -4.84. The number of thioether (sulfide) groups is 1. The summed E-state index contributed by atoms with van der Waals surface area (Å²) in [6.45, 7) is 2.07. The number of hydrogen-bond acceptors (Lipinski definition) is 5. The molecule has 3 heterocycles. The van der Waals surface area contributed by atoms with Gasteiger partial charge in [0.1, 0.15) is 5.04 Å². The van der Waals surface area contributed by atoms with Gasteiger partial charge in [-0.25, -0.2) is 0 Å². The number of nitrogens with zero attached hydrogens (tertiary/aromatic N) is 2. The maximum absolute atomic E-state index is 12.7. The van der Waals surface area contributed by atoms with Crippen LogP contribution in [0.5, 0.6) is 0 Å². The van der Waals surface area contributed by atoms with E-state index < -0.39 is 18.1 Å². The van der Waals surface area contributed by atoms with E-state index in [0.29, 0.717) is 18.6 Å². The van der Waals surface area contributed by atoms with Gasteiger partial charge in [0.2, 0.25) is 0 Å². The molecular weight excluding hydrogens is 445 g/mol. The molecule has 1 aromatic carbocycles. The SMILES string of the molecule is Cc1cc(NC2CCN(C(=O)C(F)(F)F)CC2)c2[nH]c(C3=N[C@@H](CC(=O)O)CS3)cc2c1. The van der Waals surface area contributed by atoms with Crippen molar-refractivity contribution in [1.29, 1.82) is 0 Å². The molecule has 4 rings (SSSR count). The van der Waals surface area contributed by atoms with Gasteiger partial charge < -0.3 is 20.3 Å². The number of amides is 1. The second-order valence-electron chi connectivity index (χ2n) is 8.17. The topological polar surface area (TPSA) is 97.8 Å². The molecule has 2 aromatic rings. The molecule has 172 valence electrons. The molecule has 1 saturated heterocycles. The number of hydrogen-bond donors (Lipinski definition) is 3. The molecule has 1 atom stereocenters. The highest BCUT2D eigenvalue weighted by atomic mass is 32.2. The summed E-state index contributed by atoms with van der Waals surface area (Å²) in [7, 11) is 0. The molecule has 0 bridgehead atoms. The van der Waals surface area contributed by atoms with Crippen LogP contribution in [0, 0.1) is 6.92 Å². The predicted octanol–water partition coefficient (Wildman–Crippen LogP) is 3.78. The van der Waals surface area contributed by atoms with Crippen molar-refractivity contribution in [3.63, 3.8) is 0 Å². The number of aryl methyl sites for hydroxylation is 1. The van der Waals surface area contributed by atoms with E-state index in [1.165, 1.54) is 11.8 Å². The van der Waals surface area contributed by atoms with Gasteiger partial charge in [-0.15, -0.1) is 11.8 Å². The average Bonchev–Trinajstić information content (AvgIpc) is 3.33. The van der Waals surface area contributed by atoms with Gasteiger partial charge in [-0.3, -0.25) is 14.6 Å². The fraction of sp³-hybridized carbons (Fsp3) is 0.476. The molecule has 0 aliphatic carbocycles. The number of rotatable bonds is 5. The highest BCUT2D eigenvalue weighted by molar-refractivity contribution is 8.14. The van der Waals surface area contributed by atoms with Crippen LogP contribution < -0.4 is 5.32 Å². The quantitative estimate of drug-likeness (QED) is 0.621. The van der Waals surface area contributed by atoms with Crippen molar-refractivity contribution in [2.75, 3.05) is 24.2 Å². The number of carboxylic acid groups (broad SMARTS) is 1. The van der Waals surface area contributed by atoms with Crippen LogP contribution in [-0.2, 0) is 9.59 Å². The first-order chi connectivity index (χ1) is 15.1. The van der Waals surface area contributed by atoms with Crippen molar-refractivity contribution in [3.8, 4) is 0 Å². The Kier molecular flexibility index (Phi) is 6.11. The van der Waals surface area contributed by atoms with E-state index in [-0.39, 0.29) is 31.6 Å². The van der Waals surface area contributed by atoms with Crippen molar-refractivity contribution >= 4 is 45.3 Å². The van der Waals surface area contributed by atoms with Gasteiger partial charge in [0.15, 0.2) is 0 Å². The molecule has 11 heteroatoms. The first-order valence-corrected chi connectivity index (χ1v) is 11.3. The van der Waals surface area contributed by atoms with E-state index in [0.717, 1.165) is 37.8 Å². The highest BCUT2D eigenvalue weighted by Crippen LogP contribution is 2.32. The van der Waals surface area contributed by atoms with Crippen LogP contribution >= 0.6 is 11.8 Å². The number of halogens is 3. The number of fused-ring (bicyclic) bond motifs is 1. The predicted molar refractivity (Wildman–Crippen MR) is 117 cm³/mol. The number of benzene rings is 1. The first-order valence-electron chi connectivity index (χ1n) is 10.3. The van der Waals surface area contributed by atoms with Gasteiger partial charge >= 0.3 is 18.1 Å². The molecule has 1 amide bonds. The Morgan fingerprint density at radius 3 is 2.66 bits per heavy atom. The maximum Gasteiger partial charge on any atom is 0.471 e. The molecular formula is C21H23F3N4O3S. The van der Waals surface area contributed by atoms with Crippen LogP contribution in [0.25, 0.3) is 10.9 Å². The summed E-state index contributed by atoms with van der Waals surface area (Å²) in [5, 5.41) is 14.2. The lowest BCUT2D eigenvalue weighted by Gasteiger charge is -2.33. The number of anilines is 1. The summed E-state index contributed by atoms with van der Waals surface area (Å²) in [6, 6.07) is 5.69. The number of carbonyl (C=O) groups excluding carboxylic acids is 1. The summed E-state index contributed by atoms with van der Waals surface area (Å²) < 4.78 is 38.0. The molecule has 1 aromatic heterocycles. The van der Waals surface area contributed by atoms with Crippen molar-refractivity contribution in [1.82, 2.24) is 9.88 Å². The Balaban J connectivity index is 1.49. The maximum atomic E-state index is 12.7. The van der Waals surface area contributed by atoms with Crippen LogP contribution in [0.15, 0.2) is 23.2 Å². The standard InChI is InChI=1S/C21H23F3N4O3S/c1-11-6-12-8-16(19-26-14(10-32-19)9-17(29)30)27-18(12)15(7-11)25-13-2-4-28(5-3-13)20(31)21(22,23)24/h6-8,13-14,25,27H,2-5,9-10H2,1H3,(H,29,30)/t14-/m0/s1. The molecule has 7 nitrogen and oxygen atoms in total. The van der Waals surface area contributed by atoms with E-state index >= 15 is 0 Å². The molecule has 32 heavy (non-hydrogen) atoms. The minimum absolute atomic E-state index is 0.00180. The number of aliphatic carboxylic acids is 1. The number of alkyl halides is 3. The zero-order chi connectivity index (χ0) is 23.0. The van der Waals surface area contributed by atoms with E-state index in [9.17, 15) is 22.8 Å². The smallest absolute Gasteiger partial charge is 0.471 e. The van der Waals surface area contributed by atoms with Gasteiger partial charge in [-0.05, 0) is 43.5 Å². The van der Waals surface area contributed by atoms with Crippen molar-refractivity contribution in [2.24, 2.45) is 4.99 Å². The first kappa shape index (κ1) is 22.5. The molecule has 0 saturated carbocycles. The molecule has 2 aliphatic rings. The third-order valence-electron chi connectivity index (χ3n) is 5.61. The molecule has 2 aliphatic heterocycles. The third kappa shape index (κ3) is 4.87. The summed E-state index contributed by atoms with van der Waals surface area (Å²) in [5.74, 6) is -2.03. The number of carboxylic acids is 1. The number of carbonyl (C=O) groups is 2. The Morgan fingerprint density at radius 1 is 1.28 bits per heavy atom. The second kappa shape index (κ2) is 8.68. The lowest BCUT2D eigenvalue weighted by atomic mass is 10.0. The Hall–Kier alpha value is -2.69. The molecule has 0 unspecified atom stereocenters. The Labute approximate surface area is 186 Å². The van der Waals surface area contributed by atoms with Gasteiger partial charge in [-0.1, -0.05) is 0 Å². The number of likely N-dealkylation sites (tertiary alicyclic amines) is 1. The monoisotopic (exact) mass is 468 g/mol. The summed E-state index contributed by atoms with van der Waals surface area (Å²) in [5.41, 5.74) is 3.55. The van der Waals surface area contributed by atoms with Gasteiger partial charge in [0.25, 0.3) is 0 Å². The zero-order valence-corrected chi connectivity index (χ0v) is 18.1. The van der Waals surface area contributed by atoms with Crippen LogP contribution in [0.3, 0.4) is 0 Å². The fourth-order valence-corrected chi connectivity index (χ4v) is 5.15. The number of aliphatic imine (C=N–C) groups is 1. The number of piperidine rings is 1. The van der Waals surface area contributed by atoms with E-state index in [1.54, 1.807) is 0 Å². The summed E-state index contributed by atoms with van der Waals surface area (Å²) in [4.78, 5) is 31.1. The summed E-state index contributed by atoms with van der Waals surface area (Å²) in [6.07, 6.45) is -4.00. The number of aromatic amines is 1. The van der Waals surface area contributed by atoms with Crippen LogP contribution in [0.2, 0.25) is 0 Å². The van der Waals surface area contributed by atoms with Gasteiger partial charge in [-0.2, -0.15) is 13.2 Å². The van der Waals surface area contributed by atoms with E-state index in [4.69, 9.17) is 5.11 Å². The number of nitrogens with one attached hydrogen (secondary N) is 2. The van der Waals surface area contributed by atoms with E-state index in [2.05, 4.69) is 15.3 Å². The third-order valence-corrected chi connectivity index (χ3v) is 6.76. The highest BCUT2D eigenvalue weighted by Gasteiger charge is 2.43. The lowest BCUT2D eigenvalue weighted by Crippen LogP contribution is -2.47. The normalized spacial score (nSPS) is 19.9. The van der Waals surface area contributed by atoms with Gasteiger partial charge in [0.05, 0.1) is 29.4 Å². The molecule has 0 spiro atoms. The Bertz CT molecular complexity index is 1070. The number of aromatic nitrogens is 1. The van der Waals surface area contributed by atoms with Crippen molar-refractivity contribution < 1.29 is 27.9 Å². The van der Waals surface area contributed by atoms with Crippen molar-refractivity contribution in [3.05, 3.63) is 29.5 Å². The zero-order valence-electron chi connectivity index (χ0n) is 17.3. The number of H-pyrrole nitrogens is 1. The van der Waals surface area contributed by atoms with Crippen LogP contribution in [-0.4, -0.2) is 69.0 Å². The van der Waals surface area contributed by atoms with Crippen LogP contribution in [0.4, 0.5) is 18.9 Å². The average molecular weight is 469 g/mol. The second-order valence-corrected chi connectivity index (χ2v) is 9.17. The largest absolute Gasteiger partial charge is 0.481 e. The minimum Gasteiger partial charge on any atom is -0.481 e. The lowest BCUT2D eigenvalue weighted by molar-refractivity contribution is -0.186.